The first-order chi connectivity index (χ1) is 18.9. The summed E-state index contributed by atoms with van der Waals surface area (Å²) in [6, 6.07) is 7.87. The number of rotatable bonds is 6. The largest absolute Gasteiger partial charge is 0.478 e. The molecule has 2 aliphatic heterocycles. The molecule has 0 aromatic heterocycles. The maximum Gasteiger partial charge on any atom is 0.335 e. The van der Waals surface area contributed by atoms with E-state index in [1.807, 2.05) is 0 Å². The van der Waals surface area contributed by atoms with E-state index in [9.17, 15) is 22.8 Å². The maximum absolute atomic E-state index is 15.5. The maximum atomic E-state index is 15.5. The molecule has 0 bridgehead atoms. The molecule has 2 heterocycles. The Labute approximate surface area is 236 Å². The summed E-state index contributed by atoms with van der Waals surface area (Å²) in [5.74, 6) is -2.89. The summed E-state index contributed by atoms with van der Waals surface area (Å²) in [5, 5.41) is 12.1. The minimum atomic E-state index is -3.30. The zero-order valence-corrected chi connectivity index (χ0v) is 23.3. The highest BCUT2D eigenvalue weighted by Crippen LogP contribution is 2.38. The predicted octanol–water partition coefficient (Wildman–Crippen LogP) is 3.80. The topological polar surface area (TPSA) is 124 Å². The Morgan fingerprint density at radius 1 is 1.05 bits per heavy atom. The number of nitrogens with one attached hydrogen (secondary N) is 1. The van der Waals surface area contributed by atoms with Crippen LogP contribution in [-0.2, 0) is 21.2 Å². The highest BCUT2D eigenvalue weighted by atomic mass is 35.5. The van der Waals surface area contributed by atoms with Crippen LogP contribution in [0.2, 0.25) is 0 Å². The van der Waals surface area contributed by atoms with Crippen LogP contribution in [0.5, 0.6) is 0 Å². The number of aromatic carboxylic acids is 1. The average molecular weight is 590 g/mol. The van der Waals surface area contributed by atoms with Gasteiger partial charge in [-0.15, -0.1) is 0 Å². The number of amides is 2. The van der Waals surface area contributed by atoms with Crippen LogP contribution in [0, 0.1) is 17.7 Å². The van der Waals surface area contributed by atoms with Gasteiger partial charge in [-0.2, -0.15) is 0 Å². The highest BCUT2D eigenvalue weighted by Gasteiger charge is 2.44. The molecular weight excluding hydrogens is 561 g/mol. The van der Waals surface area contributed by atoms with Gasteiger partial charge < -0.3 is 15.3 Å². The number of carboxylic acid groups (broad SMARTS) is 1. The number of allylic oxidation sites excluding steroid dienone is 1. The standard InChI is InChI=1S/C28H29ClFN3O6S/c1-40(38,39)32-12-10-16(11-13-32)19-14-23(26(34)31-20-6-2-18(3-7-20)28(36)37)33(15-19)27(35)21-8-4-17-5-9-22(29)24(17)25(21)30/h2-4,6-9,16,19,23H,5,10-15H2,1H3,(H,31,34)(H,36,37)/t19-,23?/m0/s1. The minimum Gasteiger partial charge on any atom is -0.478 e. The van der Waals surface area contributed by atoms with Crippen LogP contribution < -0.4 is 5.32 Å². The summed E-state index contributed by atoms with van der Waals surface area (Å²) < 4.78 is 40.9. The normalized spacial score (nSPS) is 21.7. The van der Waals surface area contributed by atoms with Gasteiger partial charge in [0.2, 0.25) is 15.9 Å². The molecule has 1 aliphatic carbocycles. The number of hydrogen-bond acceptors (Lipinski definition) is 5. The monoisotopic (exact) mass is 589 g/mol. The van der Waals surface area contributed by atoms with Crippen LogP contribution in [0.15, 0.2) is 42.5 Å². The number of nitrogens with zero attached hydrogens (tertiary/aromatic N) is 2. The molecule has 12 heteroatoms. The Bertz CT molecular complexity index is 1500. The van der Waals surface area contributed by atoms with Gasteiger partial charge in [-0.1, -0.05) is 23.7 Å². The number of anilines is 1. The van der Waals surface area contributed by atoms with E-state index in [2.05, 4.69) is 5.32 Å². The fraction of sp³-hybridized carbons (Fsp3) is 0.393. The van der Waals surface area contributed by atoms with Crippen molar-refractivity contribution in [3.63, 3.8) is 0 Å². The molecule has 212 valence electrons. The molecule has 1 unspecified atom stereocenters. The van der Waals surface area contributed by atoms with E-state index < -0.39 is 39.7 Å². The van der Waals surface area contributed by atoms with E-state index in [1.54, 1.807) is 12.1 Å². The molecular formula is C28H29ClFN3O6S. The fourth-order valence-corrected chi connectivity index (χ4v) is 7.10. The third-order valence-electron chi connectivity index (χ3n) is 8.13. The number of sulfonamides is 1. The van der Waals surface area contributed by atoms with Gasteiger partial charge in [-0.25, -0.2) is 21.9 Å². The molecule has 2 saturated heterocycles. The third kappa shape index (κ3) is 5.50. The summed E-state index contributed by atoms with van der Waals surface area (Å²) in [4.78, 5) is 39.8. The first-order valence-electron chi connectivity index (χ1n) is 13.0. The number of likely N-dealkylation sites (tertiary alicyclic amines) is 1. The molecule has 5 rings (SSSR count). The minimum absolute atomic E-state index is 0.0657. The van der Waals surface area contributed by atoms with E-state index in [4.69, 9.17) is 16.7 Å². The molecule has 2 amide bonds. The van der Waals surface area contributed by atoms with Gasteiger partial charge in [0, 0.05) is 35.9 Å². The zero-order chi connectivity index (χ0) is 28.8. The van der Waals surface area contributed by atoms with Gasteiger partial charge in [-0.05, 0) is 73.4 Å². The molecule has 2 aromatic rings. The van der Waals surface area contributed by atoms with E-state index >= 15 is 4.39 Å². The number of piperidine rings is 1. The molecule has 0 saturated carbocycles. The molecule has 2 aromatic carbocycles. The van der Waals surface area contributed by atoms with Crippen LogP contribution in [-0.4, -0.2) is 72.4 Å². The summed E-state index contributed by atoms with van der Waals surface area (Å²) in [6.45, 7) is 0.953. The van der Waals surface area contributed by atoms with Gasteiger partial charge in [0.25, 0.3) is 5.91 Å². The molecule has 0 spiro atoms. The third-order valence-corrected chi connectivity index (χ3v) is 9.78. The lowest BCUT2D eigenvalue weighted by molar-refractivity contribution is -0.119. The van der Waals surface area contributed by atoms with E-state index in [0.29, 0.717) is 50.0 Å². The Kier molecular flexibility index (Phi) is 7.73. The van der Waals surface area contributed by atoms with Crippen LogP contribution in [0.4, 0.5) is 10.1 Å². The van der Waals surface area contributed by atoms with Crippen molar-refractivity contribution in [1.82, 2.24) is 9.21 Å². The SMILES string of the molecule is CS(=O)(=O)N1CCC([C@H]2CC(C(=O)Nc3ccc(C(=O)O)cc3)N(C(=O)c3ccc4c(c3F)C(Cl)=CC4)C2)CC1. The number of benzene rings is 2. The van der Waals surface area contributed by atoms with Crippen molar-refractivity contribution in [3.8, 4) is 0 Å². The van der Waals surface area contributed by atoms with Gasteiger partial charge in [-0.3, -0.25) is 9.59 Å². The van der Waals surface area contributed by atoms with Crippen molar-refractivity contribution in [2.24, 2.45) is 11.8 Å². The lowest BCUT2D eigenvalue weighted by Gasteiger charge is -2.33. The van der Waals surface area contributed by atoms with E-state index in [1.165, 1.54) is 45.8 Å². The van der Waals surface area contributed by atoms with Crippen molar-refractivity contribution < 1.29 is 32.3 Å². The summed E-state index contributed by atoms with van der Waals surface area (Å²) in [5.41, 5.74) is 1.17. The first kappa shape index (κ1) is 28.3. The van der Waals surface area contributed by atoms with Gasteiger partial charge in [0.15, 0.2) is 0 Å². The Hall–Kier alpha value is -3.28. The zero-order valence-electron chi connectivity index (χ0n) is 21.8. The van der Waals surface area contributed by atoms with Crippen LogP contribution in [0.25, 0.3) is 5.03 Å². The molecule has 2 N–H and O–H groups in total. The number of carbonyl (C=O) groups excluding carboxylic acids is 2. The number of fused-ring (bicyclic) bond motifs is 1. The molecule has 40 heavy (non-hydrogen) atoms. The van der Waals surface area contributed by atoms with Crippen molar-refractivity contribution in [2.45, 2.75) is 31.7 Å². The van der Waals surface area contributed by atoms with Crippen LogP contribution >= 0.6 is 11.6 Å². The van der Waals surface area contributed by atoms with Crippen molar-refractivity contribution in [3.05, 3.63) is 70.5 Å². The predicted molar refractivity (Wildman–Crippen MR) is 148 cm³/mol. The summed E-state index contributed by atoms with van der Waals surface area (Å²) in [7, 11) is -3.30. The van der Waals surface area contributed by atoms with E-state index in [0.717, 1.165) is 0 Å². The number of carbonyl (C=O) groups is 3. The lowest BCUT2D eigenvalue weighted by atomic mass is 9.83. The van der Waals surface area contributed by atoms with Gasteiger partial charge in [0.05, 0.1) is 17.4 Å². The van der Waals surface area contributed by atoms with Gasteiger partial charge >= 0.3 is 5.97 Å². The lowest BCUT2D eigenvalue weighted by Crippen LogP contribution is -2.43. The number of carboxylic acids is 1. The second-order valence-corrected chi connectivity index (χ2v) is 12.9. The summed E-state index contributed by atoms with van der Waals surface area (Å²) in [6.07, 6.45) is 4.87. The Morgan fingerprint density at radius 3 is 2.35 bits per heavy atom. The molecule has 9 nitrogen and oxygen atoms in total. The molecule has 2 atom stereocenters. The fourth-order valence-electron chi connectivity index (χ4n) is 5.95. The Balaban J connectivity index is 1.40. The van der Waals surface area contributed by atoms with Crippen LogP contribution in [0.1, 0.15) is 51.1 Å². The number of halogens is 2. The summed E-state index contributed by atoms with van der Waals surface area (Å²) >= 11 is 6.20. The highest BCUT2D eigenvalue weighted by molar-refractivity contribution is 7.88. The van der Waals surface area contributed by atoms with E-state index in [-0.39, 0.29) is 40.1 Å². The molecule has 0 radical (unpaired) electrons. The molecule has 2 fully saturated rings. The quantitative estimate of drug-likeness (QED) is 0.528. The smallest absolute Gasteiger partial charge is 0.335 e. The second-order valence-electron chi connectivity index (χ2n) is 10.6. The van der Waals surface area contributed by atoms with Crippen molar-refractivity contribution in [1.29, 1.82) is 0 Å². The average Bonchev–Trinajstić information content (AvgIpc) is 3.53. The Morgan fingerprint density at radius 2 is 1.73 bits per heavy atom. The number of hydrogen-bond donors (Lipinski definition) is 2. The second kappa shape index (κ2) is 10.9. The van der Waals surface area contributed by atoms with Crippen molar-refractivity contribution >= 4 is 50.1 Å². The first-order valence-corrected chi connectivity index (χ1v) is 15.2. The molecule has 3 aliphatic rings. The van der Waals surface area contributed by atoms with Crippen molar-refractivity contribution in [2.75, 3.05) is 31.2 Å². The van der Waals surface area contributed by atoms with Crippen LogP contribution in [0.3, 0.4) is 0 Å². The van der Waals surface area contributed by atoms with Gasteiger partial charge in [0.1, 0.15) is 11.9 Å².